The molecule has 0 saturated heterocycles. The first-order valence-electron chi connectivity index (χ1n) is 7.36. The van der Waals surface area contributed by atoms with E-state index in [-0.39, 0.29) is 11.5 Å². The maximum atomic E-state index is 13.7. The molecule has 0 fully saturated rings. The maximum Gasteiger partial charge on any atom is 0.133 e. The van der Waals surface area contributed by atoms with E-state index >= 15 is 0 Å². The number of hydrogen-bond acceptors (Lipinski definition) is 2. The van der Waals surface area contributed by atoms with Crippen LogP contribution in [0.25, 0.3) is 12.2 Å². The smallest absolute Gasteiger partial charge is 0.133 e. The van der Waals surface area contributed by atoms with Crippen molar-refractivity contribution >= 4 is 12.2 Å². The number of ether oxygens (including phenoxy) is 2. The van der Waals surface area contributed by atoms with Gasteiger partial charge in [0.25, 0.3) is 0 Å². The Morgan fingerprint density at radius 3 is 1.87 bits per heavy atom. The SMILES string of the molecule is COc1cc(/C=C/c2c(F)cccc2F)cc(OC)c1C(C)C. The third kappa shape index (κ3) is 3.70. The summed E-state index contributed by atoms with van der Waals surface area (Å²) in [6, 6.07) is 7.45. The molecule has 0 aliphatic rings. The molecule has 2 aromatic rings. The van der Waals surface area contributed by atoms with E-state index < -0.39 is 11.6 Å². The molecule has 0 unspecified atom stereocenters. The molecule has 0 radical (unpaired) electrons. The summed E-state index contributed by atoms with van der Waals surface area (Å²) >= 11 is 0. The van der Waals surface area contributed by atoms with Crippen molar-refractivity contribution < 1.29 is 18.3 Å². The summed E-state index contributed by atoms with van der Waals surface area (Å²) in [5.41, 5.74) is 1.63. The van der Waals surface area contributed by atoms with E-state index in [2.05, 4.69) is 0 Å². The second-order valence-corrected chi connectivity index (χ2v) is 5.46. The number of benzene rings is 2. The highest BCUT2D eigenvalue weighted by atomic mass is 19.1. The Labute approximate surface area is 135 Å². The monoisotopic (exact) mass is 318 g/mol. The van der Waals surface area contributed by atoms with Crippen LogP contribution in [0, 0.1) is 11.6 Å². The lowest BCUT2D eigenvalue weighted by molar-refractivity contribution is 0.382. The van der Waals surface area contributed by atoms with Gasteiger partial charge in [-0.05, 0) is 41.8 Å². The topological polar surface area (TPSA) is 18.5 Å². The molecule has 0 N–H and O–H groups in total. The zero-order chi connectivity index (χ0) is 17.0. The summed E-state index contributed by atoms with van der Waals surface area (Å²) in [7, 11) is 3.18. The Kier molecular flexibility index (Phi) is 5.37. The predicted octanol–water partition coefficient (Wildman–Crippen LogP) is 5.28. The summed E-state index contributed by atoms with van der Waals surface area (Å²) in [4.78, 5) is 0. The number of methoxy groups -OCH3 is 2. The van der Waals surface area contributed by atoms with Gasteiger partial charge in [-0.1, -0.05) is 26.0 Å². The van der Waals surface area contributed by atoms with Gasteiger partial charge in [0, 0.05) is 11.1 Å². The molecule has 2 nitrogen and oxygen atoms in total. The number of halogens is 2. The van der Waals surface area contributed by atoms with Crippen LogP contribution >= 0.6 is 0 Å². The summed E-state index contributed by atoms with van der Waals surface area (Å²) in [6.07, 6.45) is 3.05. The molecule has 23 heavy (non-hydrogen) atoms. The van der Waals surface area contributed by atoms with Gasteiger partial charge in [-0.15, -0.1) is 0 Å². The molecule has 4 heteroatoms. The average Bonchev–Trinajstić information content (AvgIpc) is 2.53. The van der Waals surface area contributed by atoms with Gasteiger partial charge in [0.1, 0.15) is 23.1 Å². The molecule has 0 atom stereocenters. The lowest BCUT2D eigenvalue weighted by Gasteiger charge is -2.17. The van der Waals surface area contributed by atoms with E-state index in [0.29, 0.717) is 11.5 Å². The molecule has 0 bridgehead atoms. The van der Waals surface area contributed by atoms with Gasteiger partial charge in [-0.2, -0.15) is 0 Å². The first-order valence-corrected chi connectivity index (χ1v) is 7.36. The minimum absolute atomic E-state index is 0.0710. The second kappa shape index (κ2) is 7.27. The molecule has 0 aliphatic heterocycles. The van der Waals surface area contributed by atoms with E-state index in [4.69, 9.17) is 9.47 Å². The fourth-order valence-corrected chi connectivity index (χ4v) is 2.47. The second-order valence-electron chi connectivity index (χ2n) is 5.46. The van der Waals surface area contributed by atoms with Crippen molar-refractivity contribution in [3.05, 3.63) is 58.7 Å². The van der Waals surface area contributed by atoms with Gasteiger partial charge in [0.05, 0.1) is 14.2 Å². The van der Waals surface area contributed by atoms with E-state index in [1.54, 1.807) is 20.3 Å². The molecule has 2 aromatic carbocycles. The maximum absolute atomic E-state index is 13.7. The van der Waals surface area contributed by atoms with Gasteiger partial charge in [0.15, 0.2) is 0 Å². The van der Waals surface area contributed by atoms with E-state index in [0.717, 1.165) is 11.1 Å². The molecule has 0 saturated carbocycles. The third-order valence-electron chi connectivity index (χ3n) is 3.59. The summed E-state index contributed by atoms with van der Waals surface area (Å²) in [5, 5.41) is 0. The quantitative estimate of drug-likeness (QED) is 0.699. The fraction of sp³-hybridized carbons (Fsp3) is 0.263. The highest BCUT2D eigenvalue weighted by Gasteiger charge is 2.15. The number of hydrogen-bond donors (Lipinski definition) is 0. The Balaban J connectivity index is 2.46. The molecule has 0 spiro atoms. The van der Waals surface area contributed by atoms with Crippen LogP contribution in [-0.2, 0) is 0 Å². The zero-order valence-corrected chi connectivity index (χ0v) is 13.7. The van der Waals surface area contributed by atoms with Gasteiger partial charge >= 0.3 is 0 Å². The summed E-state index contributed by atoms with van der Waals surface area (Å²) in [6.45, 7) is 4.09. The van der Waals surface area contributed by atoms with Crippen molar-refractivity contribution in [2.24, 2.45) is 0 Å². The van der Waals surface area contributed by atoms with Crippen LogP contribution in [0.1, 0.15) is 36.5 Å². The van der Waals surface area contributed by atoms with Gasteiger partial charge in [-0.25, -0.2) is 8.78 Å². The molecular weight excluding hydrogens is 298 g/mol. The van der Waals surface area contributed by atoms with E-state index in [1.807, 2.05) is 26.0 Å². The van der Waals surface area contributed by atoms with Crippen LogP contribution in [0.3, 0.4) is 0 Å². The van der Waals surface area contributed by atoms with Gasteiger partial charge in [-0.3, -0.25) is 0 Å². The number of rotatable bonds is 5. The first kappa shape index (κ1) is 17.0. The average molecular weight is 318 g/mol. The lowest BCUT2D eigenvalue weighted by atomic mass is 9.98. The molecular formula is C19H20F2O2. The Morgan fingerprint density at radius 1 is 0.913 bits per heavy atom. The zero-order valence-electron chi connectivity index (χ0n) is 13.7. The molecule has 0 aromatic heterocycles. The first-order chi connectivity index (χ1) is 11.0. The van der Waals surface area contributed by atoms with Crippen molar-refractivity contribution in [3.8, 4) is 11.5 Å². The molecule has 2 rings (SSSR count). The van der Waals surface area contributed by atoms with Crippen LogP contribution in [0.2, 0.25) is 0 Å². The molecule has 0 amide bonds. The minimum atomic E-state index is -0.598. The van der Waals surface area contributed by atoms with Gasteiger partial charge in [0.2, 0.25) is 0 Å². The van der Waals surface area contributed by atoms with Crippen LogP contribution in [-0.4, -0.2) is 14.2 Å². The minimum Gasteiger partial charge on any atom is -0.496 e. The highest BCUT2D eigenvalue weighted by Crippen LogP contribution is 2.36. The van der Waals surface area contributed by atoms with Crippen molar-refractivity contribution in [1.29, 1.82) is 0 Å². The Bertz CT molecular complexity index is 676. The van der Waals surface area contributed by atoms with E-state index in [9.17, 15) is 8.78 Å². The van der Waals surface area contributed by atoms with Crippen molar-refractivity contribution in [3.63, 3.8) is 0 Å². The highest BCUT2D eigenvalue weighted by molar-refractivity contribution is 5.72. The third-order valence-corrected chi connectivity index (χ3v) is 3.59. The van der Waals surface area contributed by atoms with Crippen LogP contribution < -0.4 is 9.47 Å². The van der Waals surface area contributed by atoms with Crippen molar-refractivity contribution in [2.45, 2.75) is 19.8 Å². The van der Waals surface area contributed by atoms with Crippen LogP contribution in [0.5, 0.6) is 11.5 Å². The molecule has 0 heterocycles. The largest absolute Gasteiger partial charge is 0.496 e. The lowest BCUT2D eigenvalue weighted by Crippen LogP contribution is -1.99. The Hall–Kier alpha value is -2.36. The van der Waals surface area contributed by atoms with Gasteiger partial charge < -0.3 is 9.47 Å². The molecule has 122 valence electrons. The van der Waals surface area contributed by atoms with E-state index in [1.165, 1.54) is 24.3 Å². The van der Waals surface area contributed by atoms with Crippen molar-refractivity contribution in [2.75, 3.05) is 14.2 Å². The normalized spacial score (nSPS) is 11.3. The predicted molar refractivity (Wildman–Crippen MR) is 88.9 cm³/mol. The summed E-state index contributed by atoms with van der Waals surface area (Å²) < 4.78 is 38.2. The Morgan fingerprint density at radius 2 is 1.43 bits per heavy atom. The van der Waals surface area contributed by atoms with Crippen molar-refractivity contribution in [1.82, 2.24) is 0 Å². The van der Waals surface area contributed by atoms with Crippen LogP contribution in [0.15, 0.2) is 30.3 Å². The standard InChI is InChI=1S/C19H20F2O2/c1-12(2)19-17(22-3)10-13(11-18(19)23-4)8-9-14-15(20)6-5-7-16(14)21/h5-12H,1-4H3/b9-8+. The molecule has 0 aliphatic carbocycles. The fourth-order valence-electron chi connectivity index (χ4n) is 2.47. The van der Waals surface area contributed by atoms with Crippen LogP contribution in [0.4, 0.5) is 8.78 Å². The summed E-state index contributed by atoms with van der Waals surface area (Å²) in [5.74, 6) is 0.404.